The molecule has 17 heavy (non-hydrogen) atoms. The first-order valence-corrected chi connectivity index (χ1v) is 6.01. The highest BCUT2D eigenvalue weighted by molar-refractivity contribution is 6.30. The number of hydrogen-bond donors (Lipinski definition) is 0. The topological polar surface area (TPSA) is 36.7 Å². The third kappa shape index (κ3) is 1.59. The zero-order valence-electron chi connectivity index (χ0n) is 9.50. The zero-order valence-corrected chi connectivity index (χ0v) is 10.3. The summed E-state index contributed by atoms with van der Waals surface area (Å²) in [6.07, 6.45) is 1.93. The van der Waals surface area contributed by atoms with E-state index in [1.54, 1.807) is 0 Å². The number of rotatable bonds is 1. The third-order valence-corrected chi connectivity index (χ3v) is 3.84. The smallest absolute Gasteiger partial charge is 0.132 e. The molecule has 1 saturated carbocycles. The molecule has 1 heterocycles. The lowest BCUT2D eigenvalue weighted by molar-refractivity contribution is 0.911. The molecular weight excluding hydrogens is 232 g/mol. The number of aryl methyl sites for hydroxylation is 1. The second-order valence-electron chi connectivity index (χ2n) is 4.70. The van der Waals surface area contributed by atoms with Crippen LogP contribution in [-0.2, 0) is 5.41 Å². The van der Waals surface area contributed by atoms with Crippen LogP contribution >= 0.6 is 11.6 Å². The second kappa shape index (κ2) is 3.45. The van der Waals surface area contributed by atoms with Crippen LogP contribution in [0, 0.1) is 18.3 Å². The van der Waals surface area contributed by atoms with Gasteiger partial charge in [-0.3, -0.25) is 0 Å². The van der Waals surface area contributed by atoms with E-state index in [-0.39, 0.29) is 5.41 Å². The Morgan fingerprint density at radius 2 is 2.12 bits per heavy atom. The molecule has 2 nitrogen and oxygen atoms in total. The summed E-state index contributed by atoms with van der Waals surface area (Å²) in [4.78, 5) is 4.33. The summed E-state index contributed by atoms with van der Waals surface area (Å²) in [5.41, 5.74) is 2.73. The molecule has 84 valence electrons. The predicted octanol–water partition coefficient (Wildman–Crippen LogP) is 3.75. The molecule has 0 N–H and O–H groups in total. The van der Waals surface area contributed by atoms with Gasteiger partial charge in [0.25, 0.3) is 0 Å². The van der Waals surface area contributed by atoms with Crippen molar-refractivity contribution >= 4 is 22.5 Å². The van der Waals surface area contributed by atoms with E-state index in [4.69, 9.17) is 11.6 Å². The molecule has 0 unspecified atom stereocenters. The minimum Gasteiger partial charge on any atom is -0.236 e. The SMILES string of the molecule is Cc1cc2cc(C3(C#N)CC3)ccc2nc1Cl. The van der Waals surface area contributed by atoms with E-state index >= 15 is 0 Å². The Balaban J connectivity index is 2.20. The first-order chi connectivity index (χ1) is 8.14. The van der Waals surface area contributed by atoms with Gasteiger partial charge in [-0.2, -0.15) is 5.26 Å². The maximum atomic E-state index is 9.19. The first kappa shape index (κ1) is 10.6. The minimum atomic E-state index is -0.234. The Morgan fingerprint density at radius 1 is 1.35 bits per heavy atom. The van der Waals surface area contributed by atoms with Gasteiger partial charge in [0.05, 0.1) is 17.0 Å². The standard InChI is InChI=1S/C14H11ClN2/c1-9-6-10-7-11(14(8-16)4-5-14)2-3-12(10)17-13(9)15/h2-3,6-7H,4-5H2,1H3. The molecule has 1 aromatic carbocycles. The van der Waals surface area contributed by atoms with Crippen LogP contribution in [0.2, 0.25) is 5.15 Å². The van der Waals surface area contributed by atoms with Crippen molar-refractivity contribution in [1.29, 1.82) is 5.26 Å². The fraction of sp³-hybridized carbons (Fsp3) is 0.286. The Morgan fingerprint density at radius 3 is 2.76 bits per heavy atom. The van der Waals surface area contributed by atoms with Gasteiger partial charge < -0.3 is 0 Å². The van der Waals surface area contributed by atoms with E-state index in [2.05, 4.69) is 17.1 Å². The molecule has 1 aliphatic rings. The average Bonchev–Trinajstić information content (AvgIpc) is 3.11. The van der Waals surface area contributed by atoms with Crippen molar-refractivity contribution in [1.82, 2.24) is 4.98 Å². The predicted molar refractivity (Wildman–Crippen MR) is 68.0 cm³/mol. The summed E-state index contributed by atoms with van der Waals surface area (Å²) >= 11 is 5.99. The Labute approximate surface area is 105 Å². The maximum Gasteiger partial charge on any atom is 0.132 e. The van der Waals surface area contributed by atoms with Gasteiger partial charge in [-0.15, -0.1) is 0 Å². The highest BCUT2D eigenvalue weighted by Gasteiger charge is 2.44. The lowest BCUT2D eigenvalue weighted by atomic mass is 9.96. The van der Waals surface area contributed by atoms with Gasteiger partial charge in [-0.1, -0.05) is 17.7 Å². The zero-order chi connectivity index (χ0) is 12.0. The maximum absolute atomic E-state index is 9.19. The van der Waals surface area contributed by atoms with Gasteiger partial charge in [0.15, 0.2) is 0 Å². The van der Waals surface area contributed by atoms with Crippen molar-refractivity contribution in [2.75, 3.05) is 0 Å². The summed E-state index contributed by atoms with van der Waals surface area (Å²) < 4.78 is 0. The van der Waals surface area contributed by atoms with Gasteiger partial charge in [-0.25, -0.2) is 4.98 Å². The van der Waals surface area contributed by atoms with Crippen LogP contribution in [0.3, 0.4) is 0 Å². The first-order valence-electron chi connectivity index (χ1n) is 5.63. The molecule has 0 atom stereocenters. The van der Waals surface area contributed by atoms with Gasteiger partial charge >= 0.3 is 0 Å². The molecule has 0 amide bonds. The van der Waals surface area contributed by atoms with Gasteiger partial charge in [-0.05, 0) is 49.1 Å². The minimum absolute atomic E-state index is 0.234. The highest BCUT2D eigenvalue weighted by atomic mass is 35.5. The quantitative estimate of drug-likeness (QED) is 0.714. The summed E-state index contributed by atoms with van der Waals surface area (Å²) in [5, 5.41) is 10.8. The van der Waals surface area contributed by atoms with Crippen LogP contribution in [0.1, 0.15) is 24.0 Å². The van der Waals surface area contributed by atoms with Crippen molar-refractivity contribution in [3.63, 3.8) is 0 Å². The van der Waals surface area contributed by atoms with Crippen LogP contribution in [0.15, 0.2) is 24.3 Å². The molecule has 0 spiro atoms. The van der Waals surface area contributed by atoms with Gasteiger partial charge in [0, 0.05) is 5.39 Å². The number of fused-ring (bicyclic) bond motifs is 1. The van der Waals surface area contributed by atoms with E-state index in [9.17, 15) is 5.26 Å². The number of hydrogen-bond acceptors (Lipinski definition) is 2. The van der Waals surface area contributed by atoms with Crippen LogP contribution in [0.25, 0.3) is 10.9 Å². The lowest BCUT2D eigenvalue weighted by Gasteiger charge is -2.08. The Hall–Kier alpha value is -1.59. The number of benzene rings is 1. The number of halogens is 1. The van der Waals surface area contributed by atoms with Crippen molar-refractivity contribution in [3.05, 3.63) is 40.5 Å². The summed E-state index contributed by atoms with van der Waals surface area (Å²) in [6.45, 7) is 1.94. The highest BCUT2D eigenvalue weighted by Crippen LogP contribution is 2.48. The molecule has 0 aliphatic heterocycles. The molecule has 0 saturated heterocycles. The third-order valence-electron chi connectivity index (χ3n) is 3.46. The summed E-state index contributed by atoms with van der Waals surface area (Å²) in [7, 11) is 0. The monoisotopic (exact) mass is 242 g/mol. The van der Waals surface area contributed by atoms with E-state index in [0.717, 1.165) is 34.9 Å². The molecule has 3 heteroatoms. The number of nitriles is 1. The molecule has 1 aliphatic carbocycles. The lowest BCUT2D eigenvalue weighted by Crippen LogP contribution is -2.02. The molecule has 2 aromatic rings. The van der Waals surface area contributed by atoms with Crippen LogP contribution < -0.4 is 0 Å². The van der Waals surface area contributed by atoms with Crippen molar-refractivity contribution in [2.24, 2.45) is 0 Å². The van der Waals surface area contributed by atoms with Crippen LogP contribution in [0.5, 0.6) is 0 Å². The van der Waals surface area contributed by atoms with Gasteiger partial charge in [0.1, 0.15) is 5.15 Å². The largest absolute Gasteiger partial charge is 0.236 e. The van der Waals surface area contributed by atoms with Crippen molar-refractivity contribution in [3.8, 4) is 6.07 Å². The van der Waals surface area contributed by atoms with Crippen LogP contribution in [0.4, 0.5) is 0 Å². The normalized spacial score (nSPS) is 16.8. The van der Waals surface area contributed by atoms with Crippen molar-refractivity contribution in [2.45, 2.75) is 25.2 Å². The van der Waals surface area contributed by atoms with Crippen LogP contribution in [-0.4, -0.2) is 4.98 Å². The number of pyridine rings is 1. The number of nitrogens with zero attached hydrogens (tertiary/aromatic N) is 2. The average molecular weight is 243 g/mol. The molecule has 0 bridgehead atoms. The van der Waals surface area contributed by atoms with E-state index in [1.807, 2.05) is 25.1 Å². The van der Waals surface area contributed by atoms with Gasteiger partial charge in [0.2, 0.25) is 0 Å². The van der Waals surface area contributed by atoms with E-state index in [1.165, 1.54) is 0 Å². The van der Waals surface area contributed by atoms with E-state index in [0.29, 0.717) is 5.15 Å². The molecule has 0 radical (unpaired) electrons. The second-order valence-corrected chi connectivity index (χ2v) is 5.06. The Kier molecular flexibility index (Phi) is 2.14. The molecule has 1 aromatic heterocycles. The molecular formula is C14H11ClN2. The molecule has 1 fully saturated rings. The van der Waals surface area contributed by atoms with E-state index < -0.39 is 0 Å². The fourth-order valence-electron chi connectivity index (χ4n) is 2.15. The fourth-order valence-corrected chi connectivity index (χ4v) is 2.29. The number of aromatic nitrogens is 1. The molecule has 3 rings (SSSR count). The Bertz CT molecular complexity index is 651. The summed E-state index contributed by atoms with van der Waals surface area (Å²) in [6, 6.07) is 10.5. The van der Waals surface area contributed by atoms with Crippen molar-refractivity contribution < 1.29 is 0 Å². The summed E-state index contributed by atoms with van der Waals surface area (Å²) in [5.74, 6) is 0.